The summed E-state index contributed by atoms with van der Waals surface area (Å²) in [5.74, 6) is 0. The molecular weight excluding hydrogens is 174 g/mol. The van der Waals surface area contributed by atoms with Crippen molar-refractivity contribution >= 4 is 0 Å². The van der Waals surface area contributed by atoms with Crippen LogP contribution in [0, 0.1) is 0 Å². The molecule has 2 atom stereocenters. The van der Waals surface area contributed by atoms with Crippen LogP contribution in [0.1, 0.15) is 47.5 Å². The van der Waals surface area contributed by atoms with Crippen LogP contribution in [0.2, 0.25) is 0 Å². The number of hydrogen-bond acceptors (Lipinski definition) is 2. The lowest BCUT2D eigenvalue weighted by Gasteiger charge is -2.40. The second-order valence-electron chi connectivity index (χ2n) is 5.02. The fourth-order valence-electron chi connectivity index (χ4n) is 2.32. The largest absolute Gasteiger partial charge is 0.374 e. The van der Waals surface area contributed by atoms with E-state index in [2.05, 4.69) is 39.5 Å². The van der Waals surface area contributed by atoms with Gasteiger partial charge in [0.1, 0.15) is 0 Å². The fourth-order valence-corrected chi connectivity index (χ4v) is 2.32. The maximum Gasteiger partial charge on any atom is 0.0706 e. The topological polar surface area (TPSA) is 12.5 Å². The molecule has 0 N–H and O–H groups in total. The Kier molecular flexibility index (Phi) is 4.39. The summed E-state index contributed by atoms with van der Waals surface area (Å²) < 4.78 is 5.88. The summed E-state index contributed by atoms with van der Waals surface area (Å²) in [5.41, 5.74) is 0. The number of nitrogens with zero attached hydrogens (tertiary/aromatic N) is 1. The Hall–Kier alpha value is -0.0800. The summed E-state index contributed by atoms with van der Waals surface area (Å²) in [4.78, 5) is 2.55. The van der Waals surface area contributed by atoms with Gasteiger partial charge in [-0.15, -0.1) is 0 Å². The lowest BCUT2D eigenvalue weighted by atomic mass is 9.99. The Morgan fingerprint density at radius 1 is 1.14 bits per heavy atom. The summed E-state index contributed by atoms with van der Waals surface area (Å²) in [7, 11) is 0. The lowest BCUT2D eigenvalue weighted by Crippen LogP contribution is -2.48. The first-order valence-corrected chi connectivity index (χ1v) is 5.92. The van der Waals surface area contributed by atoms with Crippen molar-refractivity contribution in [2.75, 3.05) is 6.54 Å². The van der Waals surface area contributed by atoms with E-state index in [1.807, 2.05) is 0 Å². The molecule has 1 aliphatic heterocycles. The van der Waals surface area contributed by atoms with Crippen molar-refractivity contribution in [3.8, 4) is 0 Å². The molecular formula is C12H25NO. The third-order valence-electron chi connectivity index (χ3n) is 3.01. The first kappa shape index (κ1) is 12.0. The highest BCUT2D eigenvalue weighted by Gasteiger charge is 2.27. The Balaban J connectivity index is 2.45. The van der Waals surface area contributed by atoms with E-state index in [-0.39, 0.29) is 0 Å². The molecule has 0 spiro atoms. The van der Waals surface area contributed by atoms with Crippen molar-refractivity contribution in [3.05, 3.63) is 0 Å². The highest BCUT2D eigenvalue weighted by atomic mass is 16.5. The normalized spacial score (nSPS) is 30.2. The van der Waals surface area contributed by atoms with E-state index in [0.717, 1.165) is 12.6 Å². The average molecular weight is 199 g/mol. The van der Waals surface area contributed by atoms with Gasteiger partial charge in [0, 0.05) is 18.6 Å². The van der Waals surface area contributed by atoms with Crippen LogP contribution in [0.25, 0.3) is 0 Å². The highest BCUT2D eigenvalue weighted by molar-refractivity contribution is 4.81. The predicted molar refractivity (Wildman–Crippen MR) is 60.5 cm³/mol. The minimum atomic E-state index is 0.363. The smallest absolute Gasteiger partial charge is 0.0706 e. The molecule has 1 aliphatic rings. The van der Waals surface area contributed by atoms with E-state index in [1.165, 1.54) is 12.8 Å². The molecule has 2 heteroatoms. The van der Waals surface area contributed by atoms with Crippen molar-refractivity contribution in [3.63, 3.8) is 0 Å². The molecule has 84 valence electrons. The van der Waals surface area contributed by atoms with Crippen LogP contribution >= 0.6 is 0 Å². The van der Waals surface area contributed by atoms with Gasteiger partial charge in [-0.2, -0.15) is 0 Å². The summed E-state index contributed by atoms with van der Waals surface area (Å²) in [5, 5.41) is 0. The van der Waals surface area contributed by atoms with Gasteiger partial charge in [-0.1, -0.05) is 0 Å². The lowest BCUT2D eigenvalue weighted by molar-refractivity contribution is -0.0532. The average Bonchev–Trinajstić information content (AvgIpc) is 2.07. The number of hydrogen-bond donors (Lipinski definition) is 0. The first-order valence-electron chi connectivity index (χ1n) is 5.92. The molecule has 0 saturated carbocycles. The quantitative estimate of drug-likeness (QED) is 0.693. The highest BCUT2D eigenvalue weighted by Crippen LogP contribution is 2.22. The second kappa shape index (κ2) is 5.13. The van der Waals surface area contributed by atoms with E-state index in [9.17, 15) is 0 Å². The maximum absolute atomic E-state index is 5.88. The monoisotopic (exact) mass is 199 g/mol. The molecule has 0 aromatic rings. The third kappa shape index (κ3) is 3.25. The molecule has 1 rings (SSSR count). The van der Waals surface area contributed by atoms with Gasteiger partial charge in [-0.05, 0) is 47.5 Å². The number of likely N-dealkylation sites (tertiary alicyclic amines) is 1. The van der Waals surface area contributed by atoms with E-state index in [0.29, 0.717) is 18.2 Å². The van der Waals surface area contributed by atoms with Crippen molar-refractivity contribution in [2.45, 2.75) is 71.8 Å². The third-order valence-corrected chi connectivity index (χ3v) is 3.01. The predicted octanol–water partition coefficient (Wildman–Crippen LogP) is 2.67. The van der Waals surface area contributed by atoms with E-state index >= 15 is 0 Å². The Morgan fingerprint density at radius 3 is 2.29 bits per heavy atom. The number of ether oxygens (including phenoxy) is 1. The van der Waals surface area contributed by atoms with Gasteiger partial charge in [-0.3, -0.25) is 4.90 Å². The van der Waals surface area contributed by atoms with Crippen LogP contribution in [0.3, 0.4) is 0 Å². The summed E-state index contributed by atoms with van der Waals surface area (Å²) in [6.45, 7) is 12.2. The van der Waals surface area contributed by atoms with Crippen LogP contribution in [0.4, 0.5) is 0 Å². The van der Waals surface area contributed by atoms with Crippen LogP contribution in [-0.4, -0.2) is 35.7 Å². The molecule has 1 heterocycles. The molecule has 0 aromatic carbocycles. The molecule has 1 saturated heterocycles. The summed E-state index contributed by atoms with van der Waals surface area (Å²) >= 11 is 0. The van der Waals surface area contributed by atoms with Gasteiger partial charge in [0.25, 0.3) is 0 Å². The molecule has 2 nitrogen and oxygen atoms in total. The Labute approximate surface area is 88.6 Å². The van der Waals surface area contributed by atoms with Gasteiger partial charge >= 0.3 is 0 Å². The molecule has 14 heavy (non-hydrogen) atoms. The van der Waals surface area contributed by atoms with Gasteiger partial charge in [-0.25, -0.2) is 0 Å². The maximum atomic E-state index is 5.88. The summed E-state index contributed by atoms with van der Waals surface area (Å²) in [6, 6.07) is 1.37. The Morgan fingerprint density at radius 2 is 1.79 bits per heavy atom. The zero-order valence-corrected chi connectivity index (χ0v) is 10.3. The van der Waals surface area contributed by atoms with Crippen LogP contribution in [-0.2, 0) is 4.74 Å². The standard InChI is InChI=1S/C12H25NO/c1-9(2)13-8-12(14-10(3)4)7-6-11(13)5/h9-12H,6-8H2,1-5H3/t11-,12-/m0/s1. The fraction of sp³-hybridized carbons (Fsp3) is 1.00. The van der Waals surface area contributed by atoms with E-state index in [1.54, 1.807) is 0 Å². The minimum Gasteiger partial charge on any atom is -0.374 e. The van der Waals surface area contributed by atoms with Crippen LogP contribution in [0.15, 0.2) is 0 Å². The van der Waals surface area contributed by atoms with Crippen LogP contribution < -0.4 is 0 Å². The van der Waals surface area contributed by atoms with Crippen LogP contribution in [0.5, 0.6) is 0 Å². The van der Waals surface area contributed by atoms with Gasteiger partial charge in [0.2, 0.25) is 0 Å². The van der Waals surface area contributed by atoms with Gasteiger partial charge in [0.05, 0.1) is 12.2 Å². The SMILES string of the molecule is CC(C)O[C@H]1CC[C@H](C)N(C(C)C)C1. The second-order valence-corrected chi connectivity index (χ2v) is 5.02. The molecule has 0 radical (unpaired) electrons. The molecule has 0 unspecified atom stereocenters. The zero-order valence-electron chi connectivity index (χ0n) is 10.3. The van der Waals surface area contributed by atoms with Crippen molar-refractivity contribution in [1.29, 1.82) is 0 Å². The van der Waals surface area contributed by atoms with E-state index in [4.69, 9.17) is 4.74 Å². The molecule has 0 bridgehead atoms. The molecule has 0 aliphatic carbocycles. The zero-order chi connectivity index (χ0) is 10.7. The first-order chi connectivity index (χ1) is 6.50. The summed E-state index contributed by atoms with van der Waals surface area (Å²) in [6.07, 6.45) is 3.31. The number of rotatable bonds is 3. The minimum absolute atomic E-state index is 0.363. The molecule has 0 amide bonds. The van der Waals surface area contributed by atoms with Gasteiger partial charge in [0.15, 0.2) is 0 Å². The number of piperidine rings is 1. The van der Waals surface area contributed by atoms with Gasteiger partial charge < -0.3 is 4.74 Å². The van der Waals surface area contributed by atoms with Crippen molar-refractivity contribution in [1.82, 2.24) is 4.90 Å². The van der Waals surface area contributed by atoms with Crippen molar-refractivity contribution < 1.29 is 4.74 Å². The molecule has 0 aromatic heterocycles. The van der Waals surface area contributed by atoms with Crippen molar-refractivity contribution in [2.24, 2.45) is 0 Å². The Bertz CT molecular complexity index is 168. The molecule has 1 fully saturated rings. The van der Waals surface area contributed by atoms with E-state index < -0.39 is 0 Å².